The van der Waals surface area contributed by atoms with Gasteiger partial charge in [0.15, 0.2) is 18.2 Å². The lowest BCUT2D eigenvalue weighted by molar-refractivity contribution is -0.267. The summed E-state index contributed by atoms with van der Waals surface area (Å²) in [5.74, 6) is -4.31. The van der Waals surface area contributed by atoms with Crippen LogP contribution >= 0.6 is 0 Å². The maximum Gasteiger partial charge on any atom is 0.410 e. The molecule has 3 rings (SSSR count). The monoisotopic (exact) mass is 583 g/mol. The van der Waals surface area contributed by atoms with Crippen molar-refractivity contribution >= 4 is 23.6 Å². The second-order valence-corrected chi connectivity index (χ2v) is 13.7. The number of cyclic esters (lactones) is 1. The number of likely N-dealkylation sites (N-methyl/N-ethyl adjacent to an activating group) is 1. The first-order valence-electron chi connectivity index (χ1n) is 15.1. The minimum absolute atomic E-state index is 0.0101. The van der Waals surface area contributed by atoms with Gasteiger partial charge in [0, 0.05) is 30.7 Å². The van der Waals surface area contributed by atoms with E-state index in [4.69, 9.17) is 18.9 Å². The van der Waals surface area contributed by atoms with E-state index in [1.54, 1.807) is 20.8 Å². The van der Waals surface area contributed by atoms with Crippen LogP contribution in [0.1, 0.15) is 88.5 Å². The number of hydrogen-bond donors (Lipinski definition) is 0. The van der Waals surface area contributed by atoms with Gasteiger partial charge in [0.25, 0.3) is 5.67 Å². The van der Waals surface area contributed by atoms with E-state index >= 15 is 4.39 Å². The highest BCUT2D eigenvalue weighted by Crippen LogP contribution is 2.43. The number of hydrogen-bond acceptors (Lipinski definition) is 8. The molecule has 3 aliphatic heterocycles. The fourth-order valence-electron chi connectivity index (χ4n) is 7.14. The smallest absolute Gasteiger partial charge is 0.410 e. The largest absolute Gasteiger partial charge is 0.456 e. The summed E-state index contributed by atoms with van der Waals surface area (Å²) in [6, 6.07) is -0.728. The van der Waals surface area contributed by atoms with Gasteiger partial charge >= 0.3 is 12.1 Å². The average Bonchev–Trinajstić information content (AvgIpc) is 3.18. The molecule has 41 heavy (non-hydrogen) atoms. The molecule has 0 aromatic rings. The van der Waals surface area contributed by atoms with E-state index in [0.717, 1.165) is 13.3 Å². The van der Waals surface area contributed by atoms with Gasteiger partial charge in [-0.2, -0.15) is 0 Å². The lowest BCUT2D eigenvalue weighted by Gasteiger charge is -2.45. The molecule has 3 fully saturated rings. The molecule has 12 atom stereocenters. The molecule has 234 valence electrons. The number of esters is 1. The highest BCUT2D eigenvalue weighted by molar-refractivity contribution is 6.07. The zero-order valence-electron chi connectivity index (χ0n) is 26.6. The Morgan fingerprint density at radius 3 is 2.17 bits per heavy atom. The van der Waals surface area contributed by atoms with Crippen LogP contribution in [0, 0.1) is 35.0 Å². The predicted octanol–water partition coefficient (Wildman–Crippen LogP) is 5.12. The van der Waals surface area contributed by atoms with Crippen molar-refractivity contribution in [3.63, 3.8) is 0 Å². The number of nitrogens with zero attached hydrogens (tertiary/aromatic N) is 1. The average molecular weight is 584 g/mol. The van der Waals surface area contributed by atoms with Crippen LogP contribution in [0.15, 0.2) is 0 Å². The Bertz CT molecular complexity index is 1010. The first kappa shape index (κ1) is 33.4. The van der Waals surface area contributed by atoms with Crippen LogP contribution in [0.2, 0.25) is 0 Å². The molecule has 10 heteroatoms. The van der Waals surface area contributed by atoms with Gasteiger partial charge in [-0.05, 0) is 44.4 Å². The van der Waals surface area contributed by atoms with Crippen LogP contribution in [0.3, 0.4) is 0 Å². The highest BCUT2D eigenvalue weighted by Gasteiger charge is 2.55. The normalized spacial score (nSPS) is 44.6. The first-order chi connectivity index (χ1) is 18.8. The summed E-state index contributed by atoms with van der Waals surface area (Å²) in [5.41, 5.74) is -3.79. The molecule has 1 amide bonds. The van der Waals surface area contributed by atoms with Crippen molar-refractivity contribution in [1.82, 2.24) is 4.90 Å². The van der Waals surface area contributed by atoms with E-state index in [1.165, 1.54) is 11.9 Å². The van der Waals surface area contributed by atoms with Crippen molar-refractivity contribution in [3.8, 4) is 0 Å². The number of ether oxygens (including phenoxy) is 4. The first-order valence-corrected chi connectivity index (χ1v) is 15.1. The summed E-state index contributed by atoms with van der Waals surface area (Å²) < 4.78 is 40.1. The Morgan fingerprint density at radius 2 is 1.59 bits per heavy atom. The number of ketones is 2. The highest BCUT2D eigenvalue weighted by atomic mass is 19.1. The van der Waals surface area contributed by atoms with E-state index in [2.05, 4.69) is 6.92 Å². The second-order valence-electron chi connectivity index (χ2n) is 13.7. The van der Waals surface area contributed by atoms with Crippen LogP contribution < -0.4 is 0 Å². The summed E-state index contributed by atoms with van der Waals surface area (Å²) in [7, 11) is 1.53. The molecule has 0 saturated carbocycles. The van der Waals surface area contributed by atoms with Gasteiger partial charge in [-0.15, -0.1) is 0 Å². The molecular weight excluding hydrogens is 533 g/mol. The maximum atomic E-state index is 16.2. The van der Waals surface area contributed by atoms with Crippen molar-refractivity contribution in [2.75, 3.05) is 7.05 Å². The summed E-state index contributed by atoms with van der Waals surface area (Å²) in [4.78, 5) is 54.8. The molecule has 0 spiro atoms. The predicted molar refractivity (Wildman–Crippen MR) is 150 cm³/mol. The van der Waals surface area contributed by atoms with Gasteiger partial charge in [0.1, 0.15) is 11.9 Å². The minimum Gasteiger partial charge on any atom is -0.456 e. The van der Waals surface area contributed by atoms with Crippen LogP contribution in [0.25, 0.3) is 0 Å². The van der Waals surface area contributed by atoms with Gasteiger partial charge < -0.3 is 23.8 Å². The molecule has 0 N–H and O–H groups in total. The van der Waals surface area contributed by atoms with E-state index in [0.29, 0.717) is 12.3 Å². The summed E-state index contributed by atoms with van der Waals surface area (Å²) in [6.07, 6.45) is -2.88. The van der Waals surface area contributed by atoms with Crippen molar-refractivity contribution in [3.05, 3.63) is 0 Å². The molecular formula is C31H50FNO8. The molecule has 3 saturated heterocycles. The van der Waals surface area contributed by atoms with Gasteiger partial charge in [0.2, 0.25) is 0 Å². The molecule has 0 aliphatic carbocycles. The van der Waals surface area contributed by atoms with Crippen LogP contribution in [-0.2, 0) is 33.3 Å². The number of Topliss-reactive ketones (excluding diaryl/α,β-unsaturated/α-hetero) is 2. The maximum absolute atomic E-state index is 16.2. The van der Waals surface area contributed by atoms with E-state index < -0.39 is 77.3 Å². The zero-order chi connectivity index (χ0) is 31.2. The Hall–Kier alpha value is -2.07. The number of fused-ring (bicyclic) bond motifs is 1. The summed E-state index contributed by atoms with van der Waals surface area (Å²) >= 11 is 0. The third kappa shape index (κ3) is 6.48. The zero-order valence-corrected chi connectivity index (χ0v) is 26.6. The van der Waals surface area contributed by atoms with Crippen molar-refractivity contribution in [1.29, 1.82) is 0 Å². The van der Waals surface area contributed by atoms with Gasteiger partial charge in [0.05, 0.1) is 18.2 Å². The molecule has 0 radical (unpaired) electrons. The van der Waals surface area contributed by atoms with Crippen LogP contribution in [0.4, 0.5) is 9.18 Å². The lowest BCUT2D eigenvalue weighted by Crippen LogP contribution is -2.55. The van der Waals surface area contributed by atoms with E-state index in [9.17, 15) is 19.2 Å². The Morgan fingerprint density at radius 1 is 0.976 bits per heavy atom. The fourth-order valence-corrected chi connectivity index (χ4v) is 7.14. The molecule has 0 aromatic heterocycles. The van der Waals surface area contributed by atoms with Crippen molar-refractivity contribution < 1.29 is 42.5 Å². The van der Waals surface area contributed by atoms with Crippen LogP contribution in [-0.4, -0.2) is 78.0 Å². The second kappa shape index (κ2) is 12.3. The van der Waals surface area contributed by atoms with Gasteiger partial charge in [-0.1, -0.05) is 55.4 Å². The minimum atomic E-state index is -2.98. The Kier molecular flexibility index (Phi) is 10.0. The Labute approximate surface area is 244 Å². The number of halogens is 1. The fraction of sp³-hybridized carbons (Fsp3) is 0.871. The van der Waals surface area contributed by atoms with Gasteiger partial charge in [-0.3, -0.25) is 9.59 Å². The van der Waals surface area contributed by atoms with E-state index in [1.807, 2.05) is 34.6 Å². The number of alkyl halides is 1. The molecule has 3 heterocycles. The number of amides is 1. The third-order valence-electron chi connectivity index (χ3n) is 9.78. The number of carbonyl (C=O) groups excluding carboxylic acids is 4. The van der Waals surface area contributed by atoms with Crippen molar-refractivity contribution in [2.24, 2.45) is 35.0 Å². The molecule has 0 bridgehead atoms. The van der Waals surface area contributed by atoms with Gasteiger partial charge in [-0.25, -0.2) is 14.0 Å². The quantitative estimate of drug-likeness (QED) is 0.333. The SMILES string of the molecule is CC[C@H]1OC(=O)[C@@](C)(F)C(=O)[C@H](C)[C@@H](OC2O[C@H](C)C[C@H](C)[C@H]2C)C(C)(C)C[C@@H](C)C(=O)[C@H](C)[C@@H]2[C@@H]1OC(=O)N2C. The lowest BCUT2D eigenvalue weighted by atomic mass is 9.69. The Balaban J connectivity index is 2.08. The summed E-state index contributed by atoms with van der Waals surface area (Å²) in [5, 5.41) is 0. The third-order valence-corrected chi connectivity index (χ3v) is 9.78. The molecule has 0 aromatic carbocycles. The molecule has 9 nitrogen and oxygen atoms in total. The topological polar surface area (TPSA) is 108 Å². The summed E-state index contributed by atoms with van der Waals surface area (Å²) in [6.45, 7) is 17.6. The standard InChI is InChI=1S/C31H50FNO8/c1-12-21-24-22(33(11)29(37)40-24)19(6)23(34)16(3)14-30(8,9)26(20(7)25(35)31(10,32)28(36)39-21)41-27-18(5)15(2)13-17(4)38-27/h15-22,24,26-27H,12-14H2,1-11H3/t15-,16+,17+,18+,19+,20-,21+,22+,24+,26+,27?,31-/m0/s1. The van der Waals surface area contributed by atoms with Crippen molar-refractivity contribution in [2.45, 2.75) is 131 Å². The number of carbonyl (C=O) groups is 4. The molecule has 3 aliphatic rings. The van der Waals surface area contributed by atoms with Crippen LogP contribution in [0.5, 0.6) is 0 Å². The number of rotatable bonds is 3. The van der Waals surface area contributed by atoms with E-state index in [-0.39, 0.29) is 24.2 Å². The molecule has 1 unspecified atom stereocenters.